The average molecular weight is 271 g/mol. The second-order valence-corrected chi connectivity index (χ2v) is 4.85. The van der Waals surface area contributed by atoms with Crippen LogP contribution in [-0.2, 0) is 6.54 Å². The van der Waals surface area contributed by atoms with E-state index in [0.717, 1.165) is 30.2 Å². The van der Waals surface area contributed by atoms with Crippen molar-refractivity contribution in [1.29, 1.82) is 0 Å². The lowest BCUT2D eigenvalue weighted by Gasteiger charge is -2.11. The summed E-state index contributed by atoms with van der Waals surface area (Å²) in [5.41, 5.74) is 2.09. The van der Waals surface area contributed by atoms with E-state index in [-0.39, 0.29) is 0 Å². The Balaban J connectivity index is 1.79. The number of hydrogen-bond acceptors (Lipinski definition) is 4. The highest BCUT2D eigenvalue weighted by atomic mass is 16.5. The molecule has 0 aliphatic carbocycles. The molecule has 0 atom stereocenters. The molecule has 106 valence electrons. The van der Waals surface area contributed by atoms with E-state index in [0.29, 0.717) is 6.61 Å². The Bertz CT molecular complexity index is 497. The van der Waals surface area contributed by atoms with Gasteiger partial charge in [0.05, 0.1) is 12.2 Å². The zero-order valence-corrected chi connectivity index (χ0v) is 12.0. The average Bonchev–Trinajstić information content (AvgIpc) is 2.47. The summed E-state index contributed by atoms with van der Waals surface area (Å²) in [4.78, 5) is 6.38. The van der Waals surface area contributed by atoms with Crippen molar-refractivity contribution in [2.24, 2.45) is 0 Å². The van der Waals surface area contributed by atoms with Gasteiger partial charge in [0.15, 0.2) is 0 Å². The fourth-order valence-corrected chi connectivity index (χ4v) is 1.71. The highest BCUT2D eigenvalue weighted by Crippen LogP contribution is 2.16. The lowest BCUT2D eigenvalue weighted by Crippen LogP contribution is -2.19. The van der Waals surface area contributed by atoms with E-state index in [1.807, 2.05) is 56.6 Å². The molecule has 2 aromatic rings. The van der Waals surface area contributed by atoms with Crippen molar-refractivity contribution in [3.63, 3.8) is 0 Å². The first-order valence-corrected chi connectivity index (χ1v) is 6.75. The Hall–Kier alpha value is -2.07. The van der Waals surface area contributed by atoms with E-state index >= 15 is 0 Å². The van der Waals surface area contributed by atoms with Gasteiger partial charge in [-0.25, -0.2) is 0 Å². The van der Waals surface area contributed by atoms with Crippen LogP contribution in [0.4, 0.5) is 5.69 Å². The number of aromatic nitrogens is 1. The van der Waals surface area contributed by atoms with E-state index in [1.54, 1.807) is 6.20 Å². The zero-order chi connectivity index (χ0) is 14.2. The van der Waals surface area contributed by atoms with Crippen LogP contribution >= 0.6 is 0 Å². The molecule has 0 radical (unpaired) electrons. The molecule has 4 heteroatoms. The van der Waals surface area contributed by atoms with Crippen molar-refractivity contribution in [2.45, 2.75) is 6.54 Å². The van der Waals surface area contributed by atoms with Crippen LogP contribution in [0, 0.1) is 0 Å². The largest absolute Gasteiger partial charge is 0.492 e. The summed E-state index contributed by atoms with van der Waals surface area (Å²) in [7, 11) is 4.07. The number of anilines is 1. The molecule has 2 rings (SSSR count). The van der Waals surface area contributed by atoms with E-state index in [2.05, 4.69) is 15.2 Å². The molecule has 1 aromatic heterocycles. The van der Waals surface area contributed by atoms with Crippen molar-refractivity contribution in [3.8, 4) is 5.75 Å². The van der Waals surface area contributed by atoms with Gasteiger partial charge in [0.1, 0.15) is 12.4 Å². The van der Waals surface area contributed by atoms with Crippen LogP contribution in [0.15, 0.2) is 48.7 Å². The molecule has 4 nitrogen and oxygen atoms in total. The van der Waals surface area contributed by atoms with Gasteiger partial charge < -0.3 is 15.0 Å². The van der Waals surface area contributed by atoms with Gasteiger partial charge in [-0.05, 0) is 50.5 Å². The van der Waals surface area contributed by atoms with Crippen LogP contribution in [0.25, 0.3) is 0 Å². The summed E-state index contributed by atoms with van der Waals surface area (Å²) in [6, 6.07) is 13.9. The Labute approximate surface area is 120 Å². The first kappa shape index (κ1) is 14.3. The minimum absolute atomic E-state index is 0.702. The third-order valence-corrected chi connectivity index (χ3v) is 2.86. The highest BCUT2D eigenvalue weighted by molar-refractivity contribution is 5.46. The molecule has 0 unspecified atom stereocenters. The number of hydrogen-bond donors (Lipinski definition) is 1. The summed E-state index contributed by atoms with van der Waals surface area (Å²) in [6.07, 6.45) is 1.80. The fourth-order valence-electron chi connectivity index (χ4n) is 1.71. The van der Waals surface area contributed by atoms with E-state index in [1.165, 1.54) is 0 Å². The van der Waals surface area contributed by atoms with Crippen LogP contribution in [0.1, 0.15) is 5.69 Å². The van der Waals surface area contributed by atoms with Crippen LogP contribution in [0.3, 0.4) is 0 Å². The number of likely N-dealkylation sites (N-methyl/N-ethyl adjacent to an activating group) is 1. The van der Waals surface area contributed by atoms with Gasteiger partial charge in [-0.15, -0.1) is 0 Å². The number of ether oxygens (including phenoxy) is 1. The number of rotatable bonds is 7. The van der Waals surface area contributed by atoms with Crippen molar-refractivity contribution in [2.75, 3.05) is 32.6 Å². The van der Waals surface area contributed by atoms with Gasteiger partial charge >= 0.3 is 0 Å². The fraction of sp³-hybridized carbons (Fsp3) is 0.312. The molecular formula is C16H21N3O. The van der Waals surface area contributed by atoms with Crippen LogP contribution in [-0.4, -0.2) is 37.1 Å². The monoisotopic (exact) mass is 271 g/mol. The van der Waals surface area contributed by atoms with Crippen LogP contribution in [0.2, 0.25) is 0 Å². The molecule has 0 saturated carbocycles. The molecular weight excluding hydrogens is 250 g/mol. The lowest BCUT2D eigenvalue weighted by atomic mass is 10.3. The molecule has 0 bridgehead atoms. The Morgan fingerprint density at radius 3 is 2.55 bits per heavy atom. The summed E-state index contributed by atoms with van der Waals surface area (Å²) in [5.74, 6) is 0.898. The maximum absolute atomic E-state index is 5.65. The molecule has 20 heavy (non-hydrogen) atoms. The molecule has 0 aliphatic heterocycles. The van der Waals surface area contributed by atoms with Gasteiger partial charge in [-0.2, -0.15) is 0 Å². The second kappa shape index (κ2) is 7.50. The van der Waals surface area contributed by atoms with E-state index < -0.39 is 0 Å². The van der Waals surface area contributed by atoms with Gasteiger partial charge in [0.2, 0.25) is 0 Å². The molecule has 0 aliphatic rings. The molecule has 0 amide bonds. The van der Waals surface area contributed by atoms with Crippen molar-refractivity contribution < 1.29 is 4.74 Å². The van der Waals surface area contributed by atoms with Gasteiger partial charge in [-0.1, -0.05) is 6.07 Å². The lowest BCUT2D eigenvalue weighted by molar-refractivity contribution is 0.261. The first-order chi connectivity index (χ1) is 9.74. The van der Waals surface area contributed by atoms with E-state index in [9.17, 15) is 0 Å². The topological polar surface area (TPSA) is 37.4 Å². The minimum Gasteiger partial charge on any atom is -0.492 e. The maximum atomic E-state index is 5.65. The SMILES string of the molecule is CN(C)CCOc1ccc(NCc2ccccn2)cc1. The van der Waals surface area contributed by atoms with Gasteiger partial charge in [0.25, 0.3) is 0 Å². The van der Waals surface area contributed by atoms with Gasteiger partial charge in [0, 0.05) is 18.4 Å². The smallest absolute Gasteiger partial charge is 0.119 e. The molecule has 1 aromatic carbocycles. The summed E-state index contributed by atoms with van der Waals surface area (Å²) >= 11 is 0. The van der Waals surface area contributed by atoms with E-state index in [4.69, 9.17) is 4.74 Å². The third kappa shape index (κ3) is 4.90. The van der Waals surface area contributed by atoms with Crippen molar-refractivity contribution in [1.82, 2.24) is 9.88 Å². The quantitative estimate of drug-likeness (QED) is 0.840. The molecule has 0 saturated heterocycles. The molecule has 1 heterocycles. The summed E-state index contributed by atoms with van der Waals surface area (Å²) in [6.45, 7) is 2.34. The first-order valence-electron chi connectivity index (χ1n) is 6.75. The van der Waals surface area contributed by atoms with Crippen LogP contribution in [0.5, 0.6) is 5.75 Å². The number of nitrogens with one attached hydrogen (secondary N) is 1. The highest BCUT2D eigenvalue weighted by Gasteiger charge is 1.97. The third-order valence-electron chi connectivity index (χ3n) is 2.86. The normalized spacial score (nSPS) is 10.6. The Kier molecular flexibility index (Phi) is 5.38. The standard InChI is InChI=1S/C16H21N3O/c1-19(2)11-12-20-16-8-6-14(7-9-16)18-13-15-5-3-4-10-17-15/h3-10,18H,11-13H2,1-2H3. The molecule has 0 spiro atoms. The Morgan fingerprint density at radius 2 is 1.90 bits per heavy atom. The predicted molar refractivity (Wildman–Crippen MR) is 82.1 cm³/mol. The predicted octanol–water partition coefficient (Wildman–Crippen LogP) is 2.63. The molecule has 0 fully saturated rings. The summed E-state index contributed by atoms with van der Waals surface area (Å²) in [5, 5.41) is 3.34. The Morgan fingerprint density at radius 1 is 1.10 bits per heavy atom. The minimum atomic E-state index is 0.702. The maximum Gasteiger partial charge on any atom is 0.119 e. The zero-order valence-electron chi connectivity index (χ0n) is 12.0. The number of nitrogens with zero attached hydrogens (tertiary/aromatic N) is 2. The van der Waals surface area contributed by atoms with Crippen molar-refractivity contribution >= 4 is 5.69 Å². The molecule has 1 N–H and O–H groups in total. The van der Waals surface area contributed by atoms with Crippen molar-refractivity contribution in [3.05, 3.63) is 54.4 Å². The number of pyridine rings is 1. The van der Waals surface area contributed by atoms with Gasteiger partial charge in [-0.3, -0.25) is 4.98 Å². The van der Waals surface area contributed by atoms with Crippen LogP contribution < -0.4 is 10.1 Å². The number of benzene rings is 1. The summed E-state index contributed by atoms with van der Waals surface area (Å²) < 4.78 is 5.65. The second-order valence-electron chi connectivity index (χ2n) is 4.85.